The van der Waals surface area contributed by atoms with Crippen LogP contribution in [0.25, 0.3) is 5.57 Å². The average Bonchev–Trinajstić information content (AvgIpc) is 2.69. The van der Waals surface area contributed by atoms with Gasteiger partial charge in [0.15, 0.2) is 5.82 Å². The molecule has 3 N–H and O–H groups in total. The molecule has 1 aromatic carbocycles. The van der Waals surface area contributed by atoms with Crippen LogP contribution in [0.1, 0.15) is 5.56 Å². The first-order valence-electron chi connectivity index (χ1n) is 8.37. The molecule has 1 fully saturated rings. The van der Waals surface area contributed by atoms with Crippen LogP contribution in [0.4, 0.5) is 15.9 Å². The molecule has 8 heteroatoms. The van der Waals surface area contributed by atoms with Gasteiger partial charge in [-0.2, -0.15) is 0 Å². The second kappa shape index (κ2) is 8.75. The normalized spacial score (nSPS) is 15.7. The van der Waals surface area contributed by atoms with Crippen LogP contribution < -0.4 is 10.6 Å². The van der Waals surface area contributed by atoms with Gasteiger partial charge in [-0.3, -0.25) is 0 Å². The summed E-state index contributed by atoms with van der Waals surface area (Å²) in [5, 5.41) is 8.19. The molecule has 0 saturated carbocycles. The van der Waals surface area contributed by atoms with E-state index in [2.05, 4.69) is 9.98 Å². The number of hydrogen-bond acceptors (Lipinski definition) is 5. The predicted molar refractivity (Wildman–Crippen MR) is 107 cm³/mol. The van der Waals surface area contributed by atoms with Gasteiger partial charge in [0.2, 0.25) is 0 Å². The van der Waals surface area contributed by atoms with E-state index in [0.717, 1.165) is 18.0 Å². The molecule has 0 amide bonds. The van der Waals surface area contributed by atoms with Crippen LogP contribution >= 0.6 is 11.6 Å². The van der Waals surface area contributed by atoms with Crippen LogP contribution in [0.15, 0.2) is 47.6 Å². The van der Waals surface area contributed by atoms with E-state index in [4.69, 9.17) is 27.5 Å². The monoisotopic (exact) mass is 387 g/mol. The number of aliphatic imine (C=N–C) groups is 1. The minimum atomic E-state index is -0.564. The summed E-state index contributed by atoms with van der Waals surface area (Å²) >= 11 is 5.88. The Morgan fingerprint density at radius 3 is 2.67 bits per heavy atom. The van der Waals surface area contributed by atoms with Gasteiger partial charge in [0.05, 0.1) is 19.4 Å². The highest BCUT2D eigenvalue weighted by Gasteiger charge is 2.14. The number of halogens is 2. The number of hydrogen-bond donors (Lipinski definition) is 2. The van der Waals surface area contributed by atoms with Crippen molar-refractivity contribution >= 4 is 40.7 Å². The number of nitrogens with zero attached hydrogens (tertiary/aromatic N) is 3. The fourth-order valence-electron chi connectivity index (χ4n) is 2.65. The summed E-state index contributed by atoms with van der Waals surface area (Å²) in [4.78, 5) is 10.3. The first kappa shape index (κ1) is 19.0. The molecule has 0 radical (unpaired) electrons. The summed E-state index contributed by atoms with van der Waals surface area (Å²) in [6.45, 7) is 2.58. The number of benzene rings is 1. The van der Waals surface area contributed by atoms with Crippen molar-refractivity contribution in [1.82, 2.24) is 4.98 Å². The Balaban J connectivity index is 1.87. The summed E-state index contributed by atoms with van der Waals surface area (Å²) in [7, 11) is 0. The summed E-state index contributed by atoms with van der Waals surface area (Å²) in [6, 6.07) is 8.55. The van der Waals surface area contributed by atoms with Crippen molar-refractivity contribution in [3.05, 3.63) is 59.0 Å². The molecular weight excluding hydrogens is 369 g/mol. The van der Waals surface area contributed by atoms with Crippen molar-refractivity contribution in [2.45, 2.75) is 0 Å². The summed E-state index contributed by atoms with van der Waals surface area (Å²) < 4.78 is 19.5. The zero-order valence-electron chi connectivity index (χ0n) is 14.5. The SMILES string of the molecule is N=C/C(=C\C(N)=Nc1cc(N2CCOCC2)ncc1F)c1ccc(Cl)cc1. The summed E-state index contributed by atoms with van der Waals surface area (Å²) in [5.74, 6) is 0.146. The van der Waals surface area contributed by atoms with E-state index >= 15 is 0 Å². The van der Waals surface area contributed by atoms with Gasteiger partial charge in [0.25, 0.3) is 0 Å². The fourth-order valence-corrected chi connectivity index (χ4v) is 2.78. The maximum Gasteiger partial charge on any atom is 0.167 e. The first-order chi connectivity index (χ1) is 13.1. The Labute approximate surface area is 161 Å². The van der Waals surface area contributed by atoms with Crippen molar-refractivity contribution in [1.29, 1.82) is 5.41 Å². The third-order valence-electron chi connectivity index (χ3n) is 4.04. The van der Waals surface area contributed by atoms with Crippen LogP contribution in [0, 0.1) is 11.2 Å². The number of pyridine rings is 1. The second-order valence-corrected chi connectivity index (χ2v) is 6.32. The zero-order valence-corrected chi connectivity index (χ0v) is 15.3. The number of morpholine rings is 1. The lowest BCUT2D eigenvalue weighted by molar-refractivity contribution is 0.122. The Morgan fingerprint density at radius 2 is 2.00 bits per heavy atom. The van der Waals surface area contributed by atoms with Crippen LogP contribution in [0.2, 0.25) is 5.02 Å². The number of nitrogens with two attached hydrogens (primary N) is 1. The van der Waals surface area contributed by atoms with Crippen LogP contribution in [-0.4, -0.2) is 43.3 Å². The molecule has 1 saturated heterocycles. The fraction of sp³-hybridized carbons (Fsp3) is 0.211. The van der Waals surface area contributed by atoms with Gasteiger partial charge in [-0.15, -0.1) is 0 Å². The van der Waals surface area contributed by atoms with E-state index < -0.39 is 5.82 Å². The molecule has 140 valence electrons. The quantitative estimate of drug-likeness (QED) is 0.607. The Morgan fingerprint density at radius 1 is 1.30 bits per heavy atom. The van der Waals surface area contributed by atoms with Gasteiger partial charge in [-0.1, -0.05) is 23.7 Å². The third-order valence-corrected chi connectivity index (χ3v) is 4.29. The number of rotatable bonds is 5. The number of anilines is 1. The topological polar surface area (TPSA) is 87.6 Å². The smallest absolute Gasteiger partial charge is 0.167 e. The predicted octanol–water partition coefficient (Wildman–Crippen LogP) is 3.43. The maximum absolute atomic E-state index is 14.1. The van der Waals surface area contributed by atoms with Crippen LogP contribution in [0.3, 0.4) is 0 Å². The molecule has 0 aliphatic carbocycles. The molecule has 2 heterocycles. The van der Waals surface area contributed by atoms with Crippen molar-refractivity contribution in [3.63, 3.8) is 0 Å². The van der Waals surface area contributed by atoms with Gasteiger partial charge >= 0.3 is 0 Å². The number of aromatic nitrogens is 1. The van der Waals surface area contributed by atoms with E-state index in [0.29, 0.717) is 42.7 Å². The molecule has 1 aliphatic heterocycles. The molecule has 0 bridgehead atoms. The van der Waals surface area contributed by atoms with E-state index in [9.17, 15) is 4.39 Å². The van der Waals surface area contributed by atoms with Gasteiger partial charge in [-0.05, 0) is 23.8 Å². The average molecular weight is 388 g/mol. The number of ether oxygens (including phenoxy) is 1. The van der Waals surface area contributed by atoms with E-state index in [1.165, 1.54) is 6.08 Å². The second-order valence-electron chi connectivity index (χ2n) is 5.88. The Kier molecular flexibility index (Phi) is 6.16. The lowest BCUT2D eigenvalue weighted by Crippen LogP contribution is -2.36. The summed E-state index contributed by atoms with van der Waals surface area (Å²) in [5.41, 5.74) is 7.37. The first-order valence-corrected chi connectivity index (χ1v) is 8.75. The minimum absolute atomic E-state index is 0.0847. The van der Waals surface area contributed by atoms with E-state index in [1.54, 1.807) is 30.3 Å². The van der Waals surface area contributed by atoms with E-state index in [1.807, 2.05) is 4.90 Å². The van der Waals surface area contributed by atoms with E-state index in [-0.39, 0.29) is 11.5 Å². The molecule has 2 aromatic rings. The Bertz CT molecular complexity index is 876. The maximum atomic E-state index is 14.1. The molecular formula is C19H19ClFN5O. The largest absolute Gasteiger partial charge is 0.384 e. The van der Waals surface area contributed by atoms with Gasteiger partial charge in [0, 0.05) is 36.0 Å². The standard InChI is InChI=1S/C19H19ClFN5O/c20-15-3-1-13(2-4-15)14(11-22)9-18(23)25-17-10-19(24-12-16(17)21)26-5-7-27-8-6-26/h1-4,9-12,22H,5-8H2,(H2,23,24,25)/b14-9+,22-11?. The molecule has 0 atom stereocenters. The zero-order chi connectivity index (χ0) is 19.2. The lowest BCUT2D eigenvalue weighted by atomic mass is 10.1. The number of allylic oxidation sites excluding steroid dienone is 1. The molecule has 1 aromatic heterocycles. The number of nitrogens with one attached hydrogen (secondary N) is 1. The van der Waals surface area contributed by atoms with Crippen molar-refractivity contribution < 1.29 is 9.13 Å². The van der Waals surface area contributed by atoms with Crippen LogP contribution in [0.5, 0.6) is 0 Å². The highest BCUT2D eigenvalue weighted by Crippen LogP contribution is 2.24. The van der Waals surface area contributed by atoms with Crippen LogP contribution in [-0.2, 0) is 4.74 Å². The molecule has 0 spiro atoms. The highest BCUT2D eigenvalue weighted by atomic mass is 35.5. The highest BCUT2D eigenvalue weighted by molar-refractivity contribution is 6.30. The summed E-state index contributed by atoms with van der Waals surface area (Å²) in [6.07, 6.45) is 3.82. The minimum Gasteiger partial charge on any atom is -0.384 e. The third kappa shape index (κ3) is 4.90. The Hall–Kier alpha value is -2.77. The lowest BCUT2D eigenvalue weighted by Gasteiger charge is -2.27. The van der Waals surface area contributed by atoms with Crippen molar-refractivity contribution in [2.24, 2.45) is 10.7 Å². The van der Waals surface area contributed by atoms with Gasteiger partial charge in [-0.25, -0.2) is 14.4 Å². The molecule has 6 nitrogen and oxygen atoms in total. The van der Waals surface area contributed by atoms with Crippen molar-refractivity contribution in [2.75, 3.05) is 31.2 Å². The molecule has 3 rings (SSSR count). The molecule has 27 heavy (non-hydrogen) atoms. The molecule has 1 aliphatic rings. The molecule has 0 unspecified atom stereocenters. The number of amidine groups is 1. The van der Waals surface area contributed by atoms with Gasteiger partial charge < -0.3 is 20.8 Å². The van der Waals surface area contributed by atoms with Crippen molar-refractivity contribution in [3.8, 4) is 0 Å². The van der Waals surface area contributed by atoms with Gasteiger partial charge in [0.1, 0.15) is 17.3 Å².